The number of carbonyl (C=O) groups is 3. The van der Waals surface area contributed by atoms with Gasteiger partial charge in [-0.3, -0.25) is 19.7 Å². The van der Waals surface area contributed by atoms with Gasteiger partial charge in [0.15, 0.2) is 11.6 Å². The summed E-state index contributed by atoms with van der Waals surface area (Å²) in [4.78, 5) is 43.8. The van der Waals surface area contributed by atoms with Gasteiger partial charge in [-0.1, -0.05) is 37.6 Å². The number of pyridine rings is 1. The molecule has 3 amide bonds. The van der Waals surface area contributed by atoms with Gasteiger partial charge < -0.3 is 15.1 Å². The quantitative estimate of drug-likeness (QED) is 0.222. The molecule has 0 saturated carbocycles. The molecule has 45 heavy (non-hydrogen) atoms. The second-order valence-corrected chi connectivity index (χ2v) is 11.5. The number of halogens is 4. The summed E-state index contributed by atoms with van der Waals surface area (Å²) >= 11 is 0. The standard InChI is InChI=1S/C33H35F4N5O3/c1-2-4-29(31(44)40-20-43)42-19-25-13-22(7-8-27(25)32(42)45)17-38-16-21-9-11-41(12-10-21)30-28(34)15-24(18-39-30)23-5-3-6-26(14-23)33(35,36)37/h3,5-8,13-15,18,20-21,29,38H,2,4,9-12,16-17,19H2,1H3,(H,40,43,44). The molecular formula is C33H35F4N5O3. The number of fused-ring (bicyclic) bond motifs is 1. The van der Waals surface area contributed by atoms with Crippen LogP contribution in [0.1, 0.15) is 59.7 Å². The summed E-state index contributed by atoms with van der Waals surface area (Å²) in [6.45, 7) is 4.79. The van der Waals surface area contributed by atoms with Crippen LogP contribution in [-0.4, -0.2) is 53.8 Å². The molecule has 12 heteroatoms. The zero-order valence-corrected chi connectivity index (χ0v) is 24.9. The van der Waals surface area contributed by atoms with Crippen molar-refractivity contribution in [1.29, 1.82) is 0 Å². The smallest absolute Gasteiger partial charge is 0.354 e. The van der Waals surface area contributed by atoms with Crippen LogP contribution in [0.5, 0.6) is 0 Å². The maximum Gasteiger partial charge on any atom is 0.416 e. The number of nitrogens with one attached hydrogen (secondary N) is 2. The van der Waals surface area contributed by atoms with Gasteiger partial charge in [0.05, 0.1) is 5.56 Å². The lowest BCUT2D eigenvalue weighted by Crippen LogP contribution is -2.46. The second-order valence-electron chi connectivity index (χ2n) is 11.5. The molecule has 5 rings (SSSR count). The van der Waals surface area contributed by atoms with Crippen molar-refractivity contribution >= 4 is 24.0 Å². The molecule has 2 N–H and O–H groups in total. The van der Waals surface area contributed by atoms with Gasteiger partial charge in [-0.15, -0.1) is 0 Å². The molecule has 0 bridgehead atoms. The average Bonchev–Trinajstić information content (AvgIpc) is 3.35. The highest BCUT2D eigenvalue weighted by Crippen LogP contribution is 2.33. The largest absolute Gasteiger partial charge is 0.416 e. The number of carbonyl (C=O) groups excluding carboxylic acids is 3. The summed E-state index contributed by atoms with van der Waals surface area (Å²) in [6.07, 6.45) is 0.0485. The van der Waals surface area contributed by atoms with Gasteiger partial charge in [-0.25, -0.2) is 9.37 Å². The molecule has 1 atom stereocenters. The van der Waals surface area contributed by atoms with Gasteiger partial charge in [0.25, 0.3) is 5.91 Å². The number of benzene rings is 2. The van der Waals surface area contributed by atoms with Gasteiger partial charge in [-0.2, -0.15) is 13.2 Å². The second kappa shape index (κ2) is 13.8. The number of hydrogen-bond donors (Lipinski definition) is 2. The van der Waals surface area contributed by atoms with Gasteiger partial charge in [0.1, 0.15) is 6.04 Å². The van der Waals surface area contributed by atoms with Gasteiger partial charge in [0.2, 0.25) is 12.3 Å². The molecule has 2 aromatic carbocycles. The molecule has 3 heterocycles. The Morgan fingerprint density at radius 1 is 1.11 bits per heavy atom. The fourth-order valence-electron chi connectivity index (χ4n) is 6.08. The van der Waals surface area contributed by atoms with Crippen molar-refractivity contribution in [2.24, 2.45) is 5.92 Å². The molecule has 0 radical (unpaired) electrons. The van der Waals surface area contributed by atoms with Crippen LogP contribution < -0.4 is 15.5 Å². The summed E-state index contributed by atoms with van der Waals surface area (Å²) < 4.78 is 54.3. The Kier molecular flexibility index (Phi) is 9.81. The first-order chi connectivity index (χ1) is 21.6. The fraction of sp³-hybridized carbons (Fsp3) is 0.394. The van der Waals surface area contributed by atoms with E-state index in [1.54, 1.807) is 6.07 Å². The number of imide groups is 1. The maximum atomic E-state index is 15.0. The number of rotatable bonds is 11. The Morgan fingerprint density at radius 2 is 1.89 bits per heavy atom. The van der Waals surface area contributed by atoms with E-state index in [-0.39, 0.29) is 22.9 Å². The van der Waals surface area contributed by atoms with Crippen molar-refractivity contribution < 1.29 is 31.9 Å². The zero-order valence-electron chi connectivity index (χ0n) is 24.9. The van der Waals surface area contributed by atoms with Crippen LogP contribution in [0.3, 0.4) is 0 Å². The summed E-state index contributed by atoms with van der Waals surface area (Å²) in [5.41, 5.74) is 2.17. The van der Waals surface area contributed by atoms with Crippen LogP contribution >= 0.6 is 0 Å². The minimum atomic E-state index is -4.48. The van der Waals surface area contributed by atoms with Crippen molar-refractivity contribution in [3.8, 4) is 11.1 Å². The average molecular weight is 626 g/mol. The van der Waals surface area contributed by atoms with Crippen molar-refractivity contribution in [2.45, 2.75) is 57.9 Å². The first kappa shape index (κ1) is 32.1. The Hall–Kier alpha value is -4.32. The van der Waals surface area contributed by atoms with Crippen LogP contribution in [0, 0.1) is 11.7 Å². The lowest BCUT2D eigenvalue weighted by atomic mass is 9.96. The summed E-state index contributed by atoms with van der Waals surface area (Å²) in [5, 5.41) is 5.65. The van der Waals surface area contributed by atoms with E-state index in [9.17, 15) is 27.6 Å². The van der Waals surface area contributed by atoms with Crippen LogP contribution in [0.25, 0.3) is 11.1 Å². The third-order valence-electron chi connectivity index (χ3n) is 8.46. The van der Waals surface area contributed by atoms with Crippen LogP contribution in [-0.2, 0) is 28.9 Å². The van der Waals surface area contributed by atoms with Crippen molar-refractivity contribution in [1.82, 2.24) is 20.5 Å². The number of aromatic nitrogens is 1. The van der Waals surface area contributed by atoms with E-state index in [0.717, 1.165) is 42.6 Å². The van der Waals surface area contributed by atoms with E-state index in [1.807, 2.05) is 24.0 Å². The minimum absolute atomic E-state index is 0.198. The van der Waals surface area contributed by atoms with E-state index in [4.69, 9.17) is 0 Å². The van der Waals surface area contributed by atoms with E-state index in [2.05, 4.69) is 15.6 Å². The van der Waals surface area contributed by atoms with Crippen LogP contribution in [0.15, 0.2) is 54.7 Å². The Labute approximate surface area is 258 Å². The highest BCUT2D eigenvalue weighted by atomic mass is 19.4. The summed E-state index contributed by atoms with van der Waals surface area (Å²) in [7, 11) is 0. The van der Waals surface area contributed by atoms with Gasteiger partial charge >= 0.3 is 6.18 Å². The van der Waals surface area contributed by atoms with Gasteiger partial charge in [-0.05, 0) is 72.7 Å². The number of amides is 3. The summed E-state index contributed by atoms with van der Waals surface area (Å²) in [6, 6.07) is 11.0. The Bertz CT molecular complexity index is 1560. The topological polar surface area (TPSA) is 94.6 Å². The highest BCUT2D eigenvalue weighted by molar-refractivity contribution is 6.02. The highest BCUT2D eigenvalue weighted by Gasteiger charge is 2.36. The SMILES string of the molecule is CCCC(C(=O)NC=O)N1Cc2cc(CNCC3CCN(c4ncc(-c5cccc(C(F)(F)F)c5)cc4F)CC3)ccc2C1=O. The predicted octanol–water partition coefficient (Wildman–Crippen LogP) is 5.31. The molecule has 1 fully saturated rings. The van der Waals surface area contributed by atoms with Crippen LogP contribution in [0.2, 0.25) is 0 Å². The van der Waals surface area contributed by atoms with E-state index < -0.39 is 29.5 Å². The monoisotopic (exact) mass is 625 g/mol. The third-order valence-corrected chi connectivity index (χ3v) is 8.46. The first-order valence-electron chi connectivity index (χ1n) is 15.0. The minimum Gasteiger partial charge on any atom is -0.354 e. The fourth-order valence-corrected chi connectivity index (χ4v) is 6.08. The molecule has 1 aromatic heterocycles. The van der Waals surface area contributed by atoms with Gasteiger partial charge in [0, 0.05) is 43.5 Å². The molecule has 238 valence electrons. The maximum absolute atomic E-state index is 15.0. The molecule has 0 aliphatic carbocycles. The summed E-state index contributed by atoms with van der Waals surface area (Å²) in [5.74, 6) is -0.700. The van der Waals surface area contributed by atoms with Crippen molar-refractivity contribution in [2.75, 3.05) is 24.5 Å². The van der Waals surface area contributed by atoms with Crippen molar-refractivity contribution in [3.63, 3.8) is 0 Å². The normalized spacial score (nSPS) is 16.1. The molecule has 2 aliphatic heterocycles. The first-order valence-corrected chi connectivity index (χ1v) is 15.0. The molecular weight excluding hydrogens is 590 g/mol. The molecule has 8 nitrogen and oxygen atoms in total. The number of alkyl halides is 3. The molecule has 1 unspecified atom stereocenters. The lowest BCUT2D eigenvalue weighted by molar-refractivity contribution is -0.137. The van der Waals surface area contributed by atoms with Crippen molar-refractivity contribution in [3.05, 3.63) is 82.8 Å². The Morgan fingerprint density at radius 3 is 2.58 bits per heavy atom. The van der Waals surface area contributed by atoms with E-state index >= 15 is 4.39 Å². The molecule has 2 aliphatic rings. The number of piperidine rings is 1. The number of hydrogen-bond acceptors (Lipinski definition) is 6. The van der Waals surface area contributed by atoms with E-state index in [1.165, 1.54) is 29.3 Å². The molecule has 3 aromatic rings. The third kappa shape index (κ3) is 7.33. The predicted molar refractivity (Wildman–Crippen MR) is 160 cm³/mol. The molecule has 0 spiro atoms. The Balaban J connectivity index is 1.12. The molecule has 1 saturated heterocycles. The zero-order chi connectivity index (χ0) is 32.1. The number of anilines is 1. The number of nitrogens with zero attached hydrogens (tertiary/aromatic N) is 3. The lowest BCUT2D eigenvalue weighted by Gasteiger charge is -2.33. The van der Waals surface area contributed by atoms with Crippen LogP contribution in [0.4, 0.5) is 23.4 Å². The van der Waals surface area contributed by atoms with E-state index in [0.29, 0.717) is 56.9 Å².